The van der Waals surface area contributed by atoms with Crippen LogP contribution in [0.1, 0.15) is 18.7 Å². The van der Waals surface area contributed by atoms with Gasteiger partial charge < -0.3 is 14.8 Å². The van der Waals surface area contributed by atoms with E-state index >= 15 is 0 Å². The predicted molar refractivity (Wildman–Crippen MR) is 68.5 cm³/mol. The van der Waals surface area contributed by atoms with E-state index in [4.69, 9.17) is 0 Å². The molecular weight excluding hydrogens is 216 g/mol. The van der Waals surface area contributed by atoms with E-state index in [0.717, 1.165) is 25.3 Å². The lowest BCUT2D eigenvalue weighted by atomic mass is 10.1. The van der Waals surface area contributed by atoms with Crippen molar-refractivity contribution in [3.05, 3.63) is 22.2 Å². The van der Waals surface area contributed by atoms with Gasteiger partial charge in [0.25, 0.3) is 5.56 Å². The van der Waals surface area contributed by atoms with Crippen molar-refractivity contribution >= 4 is 5.82 Å². The molecule has 0 aliphatic carbocycles. The van der Waals surface area contributed by atoms with Crippen molar-refractivity contribution in [3.63, 3.8) is 0 Å². The maximum atomic E-state index is 11.4. The number of piperidine rings is 1. The summed E-state index contributed by atoms with van der Waals surface area (Å²) in [5.41, 5.74) is -0.0699. The molecule has 5 nitrogen and oxygen atoms in total. The van der Waals surface area contributed by atoms with E-state index in [2.05, 4.69) is 33.9 Å². The van der Waals surface area contributed by atoms with Crippen LogP contribution in [0.5, 0.6) is 0 Å². The van der Waals surface area contributed by atoms with Gasteiger partial charge in [0.05, 0.1) is 0 Å². The van der Waals surface area contributed by atoms with E-state index in [1.165, 1.54) is 6.42 Å². The topological polar surface area (TPSA) is 52.2 Å². The molecule has 0 bridgehead atoms. The number of H-pyrrole nitrogens is 1. The van der Waals surface area contributed by atoms with Crippen molar-refractivity contribution in [2.24, 2.45) is 0 Å². The highest BCUT2D eigenvalue weighted by Crippen LogP contribution is 2.18. The van der Waals surface area contributed by atoms with Crippen LogP contribution >= 0.6 is 0 Å². The molecule has 5 heteroatoms. The Hall–Kier alpha value is -1.36. The summed E-state index contributed by atoms with van der Waals surface area (Å²) >= 11 is 0. The number of nitrogens with one attached hydrogen (secondary N) is 1. The first-order chi connectivity index (χ1) is 8.06. The van der Waals surface area contributed by atoms with Crippen LogP contribution in [0.4, 0.5) is 5.82 Å². The lowest BCUT2D eigenvalue weighted by Crippen LogP contribution is -2.45. The summed E-state index contributed by atoms with van der Waals surface area (Å²) < 4.78 is 0. The SMILES string of the molecule is Cc1nc(N2CCCC(N(C)C)C2)cc(=O)[nH]1. The van der Waals surface area contributed by atoms with Gasteiger partial charge >= 0.3 is 0 Å². The third kappa shape index (κ3) is 2.85. The van der Waals surface area contributed by atoms with Crippen molar-refractivity contribution in [2.75, 3.05) is 32.1 Å². The first-order valence-corrected chi connectivity index (χ1v) is 6.05. The molecule has 0 amide bonds. The number of likely N-dealkylation sites (N-methyl/N-ethyl adjacent to an activating group) is 1. The fraction of sp³-hybridized carbons (Fsp3) is 0.667. The largest absolute Gasteiger partial charge is 0.355 e. The molecule has 1 unspecified atom stereocenters. The van der Waals surface area contributed by atoms with Crippen molar-refractivity contribution < 1.29 is 0 Å². The fourth-order valence-electron chi connectivity index (χ4n) is 2.31. The average molecular weight is 236 g/mol. The van der Waals surface area contributed by atoms with E-state index in [0.29, 0.717) is 11.9 Å². The molecule has 1 aromatic heterocycles. The van der Waals surface area contributed by atoms with E-state index in [1.807, 2.05) is 6.92 Å². The zero-order chi connectivity index (χ0) is 12.4. The van der Waals surface area contributed by atoms with Crippen molar-refractivity contribution in [1.82, 2.24) is 14.9 Å². The van der Waals surface area contributed by atoms with Gasteiger partial charge in [0, 0.05) is 25.2 Å². The van der Waals surface area contributed by atoms with Gasteiger partial charge in [-0.2, -0.15) is 0 Å². The Morgan fingerprint density at radius 2 is 2.29 bits per heavy atom. The standard InChI is InChI=1S/C12H20N4O/c1-9-13-11(7-12(17)14-9)16-6-4-5-10(8-16)15(2)3/h7,10H,4-6,8H2,1-3H3,(H,13,14,17). The number of nitrogens with zero attached hydrogens (tertiary/aromatic N) is 3. The van der Waals surface area contributed by atoms with E-state index < -0.39 is 0 Å². The summed E-state index contributed by atoms with van der Waals surface area (Å²) in [6.07, 6.45) is 2.36. The zero-order valence-electron chi connectivity index (χ0n) is 10.7. The highest BCUT2D eigenvalue weighted by molar-refractivity contribution is 5.38. The van der Waals surface area contributed by atoms with Crippen LogP contribution in [-0.2, 0) is 0 Å². The van der Waals surface area contributed by atoms with Gasteiger partial charge in [0.15, 0.2) is 0 Å². The van der Waals surface area contributed by atoms with Crippen molar-refractivity contribution in [3.8, 4) is 0 Å². The summed E-state index contributed by atoms with van der Waals surface area (Å²) in [5, 5.41) is 0. The van der Waals surface area contributed by atoms with Gasteiger partial charge in [-0.3, -0.25) is 4.79 Å². The first-order valence-electron chi connectivity index (χ1n) is 6.05. The Morgan fingerprint density at radius 3 is 2.94 bits per heavy atom. The lowest BCUT2D eigenvalue weighted by Gasteiger charge is -2.36. The molecule has 0 radical (unpaired) electrons. The maximum Gasteiger partial charge on any atom is 0.252 e. The second kappa shape index (κ2) is 4.87. The number of rotatable bonds is 2. The number of aromatic amines is 1. The van der Waals surface area contributed by atoms with Gasteiger partial charge in [-0.15, -0.1) is 0 Å². The van der Waals surface area contributed by atoms with Crippen LogP contribution in [0.2, 0.25) is 0 Å². The quantitative estimate of drug-likeness (QED) is 0.817. The van der Waals surface area contributed by atoms with Gasteiger partial charge in [0.2, 0.25) is 0 Å². The monoisotopic (exact) mass is 236 g/mol. The summed E-state index contributed by atoms with van der Waals surface area (Å²) in [5.74, 6) is 1.48. The molecule has 17 heavy (non-hydrogen) atoms. The Morgan fingerprint density at radius 1 is 1.53 bits per heavy atom. The first kappa shape index (κ1) is 12.1. The molecule has 0 spiro atoms. The number of aromatic nitrogens is 2. The van der Waals surface area contributed by atoms with Gasteiger partial charge in [-0.1, -0.05) is 0 Å². The molecule has 1 atom stereocenters. The summed E-state index contributed by atoms with van der Waals surface area (Å²) in [7, 11) is 4.20. The smallest absolute Gasteiger partial charge is 0.252 e. The van der Waals surface area contributed by atoms with Gasteiger partial charge in [-0.05, 0) is 33.9 Å². The molecule has 1 aliphatic heterocycles. The molecule has 1 aliphatic rings. The van der Waals surface area contributed by atoms with Crippen molar-refractivity contribution in [1.29, 1.82) is 0 Å². The Labute approximate surface area is 101 Å². The van der Waals surface area contributed by atoms with Crippen LogP contribution in [0.3, 0.4) is 0 Å². The molecule has 0 aromatic carbocycles. The Balaban J connectivity index is 2.18. The number of aryl methyl sites for hydroxylation is 1. The Kier molecular flexibility index (Phi) is 3.47. The molecule has 0 saturated carbocycles. The normalized spacial score (nSPS) is 20.9. The fourth-order valence-corrected chi connectivity index (χ4v) is 2.31. The molecule has 94 valence electrons. The van der Waals surface area contributed by atoms with Gasteiger partial charge in [-0.25, -0.2) is 4.98 Å². The van der Waals surface area contributed by atoms with E-state index in [9.17, 15) is 4.79 Å². The molecule has 1 fully saturated rings. The van der Waals surface area contributed by atoms with Crippen LogP contribution in [0, 0.1) is 6.92 Å². The van der Waals surface area contributed by atoms with Crippen LogP contribution < -0.4 is 10.5 Å². The third-order valence-electron chi connectivity index (χ3n) is 3.30. The van der Waals surface area contributed by atoms with Crippen LogP contribution in [0.25, 0.3) is 0 Å². The summed E-state index contributed by atoms with van der Waals surface area (Å²) in [4.78, 5) is 23.0. The summed E-state index contributed by atoms with van der Waals surface area (Å²) in [6.45, 7) is 3.75. The second-order valence-electron chi connectivity index (χ2n) is 4.89. The number of hydrogen-bond acceptors (Lipinski definition) is 4. The molecule has 1 N–H and O–H groups in total. The number of anilines is 1. The van der Waals surface area contributed by atoms with Crippen LogP contribution in [0.15, 0.2) is 10.9 Å². The molecule has 2 heterocycles. The minimum absolute atomic E-state index is 0.0699. The predicted octanol–water partition coefficient (Wildman–Crippen LogP) is 0.609. The van der Waals surface area contributed by atoms with E-state index in [-0.39, 0.29) is 5.56 Å². The summed E-state index contributed by atoms with van der Waals surface area (Å²) in [6, 6.07) is 2.13. The highest BCUT2D eigenvalue weighted by atomic mass is 16.1. The highest BCUT2D eigenvalue weighted by Gasteiger charge is 2.22. The second-order valence-corrected chi connectivity index (χ2v) is 4.89. The zero-order valence-corrected chi connectivity index (χ0v) is 10.7. The van der Waals surface area contributed by atoms with Crippen LogP contribution in [-0.4, -0.2) is 48.1 Å². The average Bonchev–Trinajstić information content (AvgIpc) is 2.28. The lowest BCUT2D eigenvalue weighted by molar-refractivity contribution is 0.257. The molecule has 1 saturated heterocycles. The minimum atomic E-state index is -0.0699. The maximum absolute atomic E-state index is 11.4. The molecular formula is C12H20N4O. The third-order valence-corrected chi connectivity index (χ3v) is 3.30. The minimum Gasteiger partial charge on any atom is -0.355 e. The van der Waals surface area contributed by atoms with E-state index in [1.54, 1.807) is 6.07 Å². The number of hydrogen-bond donors (Lipinski definition) is 1. The van der Waals surface area contributed by atoms with Gasteiger partial charge in [0.1, 0.15) is 11.6 Å². The molecule has 1 aromatic rings. The molecule has 2 rings (SSSR count). The Bertz CT molecular complexity index is 440. The van der Waals surface area contributed by atoms with Crippen molar-refractivity contribution in [2.45, 2.75) is 25.8 Å².